The molecule has 2 heteroatoms. The van der Waals surface area contributed by atoms with E-state index in [-0.39, 0.29) is 6.04 Å². The standard InChI is InChI=1S/C10H12N2/c1-3-4-10(11)9-6-5-8(2)12-7-9/h1,5-7,10H,4,11H2,2H3. The van der Waals surface area contributed by atoms with Gasteiger partial charge in [0.25, 0.3) is 0 Å². The molecule has 1 unspecified atom stereocenters. The molecule has 0 fully saturated rings. The van der Waals surface area contributed by atoms with Crippen LogP contribution in [-0.4, -0.2) is 4.98 Å². The van der Waals surface area contributed by atoms with Crippen LogP contribution in [0.3, 0.4) is 0 Å². The third kappa shape index (κ3) is 2.08. The second-order valence-corrected chi connectivity index (χ2v) is 2.75. The summed E-state index contributed by atoms with van der Waals surface area (Å²) in [6, 6.07) is 3.82. The number of nitrogens with zero attached hydrogens (tertiary/aromatic N) is 1. The van der Waals surface area contributed by atoms with E-state index in [1.807, 2.05) is 19.1 Å². The van der Waals surface area contributed by atoms with Crippen LogP contribution >= 0.6 is 0 Å². The van der Waals surface area contributed by atoms with Gasteiger partial charge in [0.2, 0.25) is 0 Å². The molecule has 0 radical (unpaired) electrons. The predicted octanol–water partition coefficient (Wildman–Crippen LogP) is 1.41. The molecule has 0 bridgehead atoms. The maximum atomic E-state index is 5.77. The molecule has 12 heavy (non-hydrogen) atoms. The number of hydrogen-bond donors (Lipinski definition) is 1. The quantitative estimate of drug-likeness (QED) is 0.664. The highest BCUT2D eigenvalue weighted by Gasteiger charge is 2.02. The summed E-state index contributed by atoms with van der Waals surface area (Å²) in [5.74, 6) is 2.53. The molecule has 1 heterocycles. The number of aryl methyl sites for hydroxylation is 1. The van der Waals surface area contributed by atoms with Crippen LogP contribution in [-0.2, 0) is 0 Å². The highest BCUT2D eigenvalue weighted by atomic mass is 14.7. The van der Waals surface area contributed by atoms with Crippen molar-refractivity contribution in [3.05, 3.63) is 29.6 Å². The zero-order chi connectivity index (χ0) is 8.97. The average Bonchev–Trinajstić information content (AvgIpc) is 2.06. The van der Waals surface area contributed by atoms with Gasteiger partial charge in [0.05, 0.1) is 0 Å². The first-order valence-electron chi connectivity index (χ1n) is 3.85. The van der Waals surface area contributed by atoms with E-state index in [1.54, 1.807) is 6.20 Å². The molecule has 2 N–H and O–H groups in total. The van der Waals surface area contributed by atoms with Crippen molar-refractivity contribution < 1.29 is 0 Å². The molecule has 1 aromatic heterocycles. The molecule has 62 valence electrons. The SMILES string of the molecule is C#CCC(N)c1ccc(C)nc1. The topological polar surface area (TPSA) is 38.9 Å². The number of terminal acetylenes is 1. The molecule has 2 nitrogen and oxygen atoms in total. The van der Waals surface area contributed by atoms with E-state index >= 15 is 0 Å². The first kappa shape index (κ1) is 8.76. The van der Waals surface area contributed by atoms with Crippen molar-refractivity contribution in [2.24, 2.45) is 5.73 Å². The van der Waals surface area contributed by atoms with Crippen molar-refractivity contribution in [2.75, 3.05) is 0 Å². The van der Waals surface area contributed by atoms with Gasteiger partial charge in [-0.05, 0) is 18.6 Å². The number of rotatable bonds is 2. The van der Waals surface area contributed by atoms with E-state index in [0.717, 1.165) is 11.3 Å². The fraction of sp³-hybridized carbons (Fsp3) is 0.300. The van der Waals surface area contributed by atoms with Crippen molar-refractivity contribution in [1.82, 2.24) is 4.98 Å². The Morgan fingerprint density at radius 3 is 2.92 bits per heavy atom. The summed E-state index contributed by atoms with van der Waals surface area (Å²) in [4.78, 5) is 4.13. The Bertz CT molecular complexity index is 282. The monoisotopic (exact) mass is 160 g/mol. The van der Waals surface area contributed by atoms with E-state index in [4.69, 9.17) is 12.2 Å². The average molecular weight is 160 g/mol. The summed E-state index contributed by atoms with van der Waals surface area (Å²) in [5.41, 5.74) is 7.76. The molecule has 0 saturated heterocycles. The lowest BCUT2D eigenvalue weighted by molar-refractivity contribution is 0.749. The Balaban J connectivity index is 2.76. The maximum Gasteiger partial charge on any atom is 0.0421 e. The Morgan fingerprint density at radius 2 is 2.42 bits per heavy atom. The summed E-state index contributed by atoms with van der Waals surface area (Å²) >= 11 is 0. The minimum Gasteiger partial charge on any atom is -0.323 e. The highest BCUT2D eigenvalue weighted by Crippen LogP contribution is 2.11. The van der Waals surface area contributed by atoms with Crippen molar-refractivity contribution in [1.29, 1.82) is 0 Å². The fourth-order valence-corrected chi connectivity index (χ4v) is 0.943. The van der Waals surface area contributed by atoms with Gasteiger partial charge < -0.3 is 5.73 Å². The van der Waals surface area contributed by atoms with Gasteiger partial charge in [0.1, 0.15) is 0 Å². The first-order chi connectivity index (χ1) is 5.74. The molecular weight excluding hydrogens is 148 g/mol. The minimum absolute atomic E-state index is 0.0805. The summed E-state index contributed by atoms with van der Waals surface area (Å²) in [5, 5.41) is 0. The number of aromatic nitrogens is 1. The molecule has 0 spiro atoms. The van der Waals surface area contributed by atoms with Crippen LogP contribution < -0.4 is 5.73 Å². The number of hydrogen-bond acceptors (Lipinski definition) is 2. The number of nitrogens with two attached hydrogens (primary N) is 1. The summed E-state index contributed by atoms with van der Waals surface area (Å²) < 4.78 is 0. The van der Waals surface area contributed by atoms with Crippen LogP contribution in [0.2, 0.25) is 0 Å². The Labute approximate surface area is 72.8 Å². The van der Waals surface area contributed by atoms with Crippen molar-refractivity contribution in [3.63, 3.8) is 0 Å². The van der Waals surface area contributed by atoms with E-state index in [1.165, 1.54) is 0 Å². The highest BCUT2D eigenvalue weighted by molar-refractivity contribution is 5.18. The van der Waals surface area contributed by atoms with Crippen LogP contribution in [0.5, 0.6) is 0 Å². The van der Waals surface area contributed by atoms with Crippen LogP contribution in [0.1, 0.15) is 23.7 Å². The van der Waals surface area contributed by atoms with Gasteiger partial charge in [-0.1, -0.05) is 6.07 Å². The van der Waals surface area contributed by atoms with Crippen molar-refractivity contribution >= 4 is 0 Å². The molecule has 0 aliphatic rings. The lowest BCUT2D eigenvalue weighted by Crippen LogP contribution is -2.09. The predicted molar refractivity (Wildman–Crippen MR) is 49.4 cm³/mol. The van der Waals surface area contributed by atoms with E-state index in [2.05, 4.69) is 10.9 Å². The van der Waals surface area contributed by atoms with E-state index < -0.39 is 0 Å². The van der Waals surface area contributed by atoms with Crippen LogP contribution in [0, 0.1) is 19.3 Å². The zero-order valence-electron chi connectivity index (χ0n) is 7.12. The van der Waals surface area contributed by atoms with Gasteiger partial charge in [-0.15, -0.1) is 12.3 Å². The van der Waals surface area contributed by atoms with Gasteiger partial charge in [0.15, 0.2) is 0 Å². The third-order valence-electron chi connectivity index (χ3n) is 1.70. The first-order valence-corrected chi connectivity index (χ1v) is 3.85. The van der Waals surface area contributed by atoms with Crippen LogP contribution in [0.25, 0.3) is 0 Å². The smallest absolute Gasteiger partial charge is 0.0421 e. The third-order valence-corrected chi connectivity index (χ3v) is 1.70. The van der Waals surface area contributed by atoms with Crippen molar-refractivity contribution in [2.45, 2.75) is 19.4 Å². The van der Waals surface area contributed by atoms with E-state index in [9.17, 15) is 0 Å². The molecule has 0 aliphatic carbocycles. The van der Waals surface area contributed by atoms with E-state index in [0.29, 0.717) is 6.42 Å². The second-order valence-electron chi connectivity index (χ2n) is 2.75. The Morgan fingerprint density at radius 1 is 1.67 bits per heavy atom. The fourth-order valence-electron chi connectivity index (χ4n) is 0.943. The summed E-state index contributed by atoms with van der Waals surface area (Å²) in [6.45, 7) is 1.94. The molecule has 1 rings (SSSR count). The molecule has 0 aliphatic heterocycles. The zero-order valence-corrected chi connectivity index (χ0v) is 7.12. The largest absolute Gasteiger partial charge is 0.323 e. The molecular formula is C10H12N2. The number of pyridine rings is 1. The normalized spacial score (nSPS) is 12.1. The Kier molecular flexibility index (Phi) is 2.84. The molecule has 0 aromatic carbocycles. The van der Waals surface area contributed by atoms with Crippen LogP contribution in [0.15, 0.2) is 18.3 Å². The van der Waals surface area contributed by atoms with Crippen LogP contribution in [0.4, 0.5) is 0 Å². The maximum absolute atomic E-state index is 5.77. The lowest BCUT2D eigenvalue weighted by atomic mass is 10.1. The van der Waals surface area contributed by atoms with Gasteiger partial charge in [0, 0.05) is 24.4 Å². The summed E-state index contributed by atoms with van der Waals surface area (Å²) in [6.07, 6.45) is 7.48. The van der Waals surface area contributed by atoms with Crippen molar-refractivity contribution in [3.8, 4) is 12.3 Å². The van der Waals surface area contributed by atoms with Gasteiger partial charge >= 0.3 is 0 Å². The van der Waals surface area contributed by atoms with Gasteiger partial charge in [-0.3, -0.25) is 4.98 Å². The second kappa shape index (κ2) is 3.89. The minimum atomic E-state index is -0.0805. The molecule has 0 amide bonds. The summed E-state index contributed by atoms with van der Waals surface area (Å²) in [7, 11) is 0. The van der Waals surface area contributed by atoms with Gasteiger partial charge in [-0.25, -0.2) is 0 Å². The van der Waals surface area contributed by atoms with Gasteiger partial charge in [-0.2, -0.15) is 0 Å². The molecule has 0 saturated carbocycles. The molecule has 1 atom stereocenters. The molecule has 1 aromatic rings. The Hall–Kier alpha value is -1.33. The lowest BCUT2D eigenvalue weighted by Gasteiger charge is -2.07.